The van der Waals surface area contributed by atoms with Gasteiger partial charge in [-0.15, -0.1) is 0 Å². The number of rotatable bonds is 2. The minimum absolute atomic E-state index is 0.170. The topological polar surface area (TPSA) is 20.2 Å². The molecule has 1 fully saturated rings. The van der Waals surface area contributed by atoms with Gasteiger partial charge in [0.15, 0.2) is 0 Å². The van der Waals surface area contributed by atoms with Crippen molar-refractivity contribution in [1.29, 1.82) is 0 Å². The summed E-state index contributed by atoms with van der Waals surface area (Å²) in [6.07, 6.45) is 0.688. The average molecular weight is 243 g/mol. The summed E-state index contributed by atoms with van der Waals surface area (Å²) in [7, 11) is 0. The van der Waals surface area contributed by atoms with Crippen molar-refractivity contribution in [1.82, 2.24) is 0 Å². The SMILES string of the molecule is OC1(CCBr)CCC(F)(F)CC1. The van der Waals surface area contributed by atoms with Crippen LogP contribution in [0.2, 0.25) is 0 Å². The molecule has 0 spiro atoms. The van der Waals surface area contributed by atoms with Crippen LogP contribution in [0, 0.1) is 0 Å². The van der Waals surface area contributed by atoms with Gasteiger partial charge in [0.1, 0.15) is 0 Å². The van der Waals surface area contributed by atoms with Gasteiger partial charge < -0.3 is 5.11 Å². The van der Waals surface area contributed by atoms with E-state index in [9.17, 15) is 13.9 Å². The lowest BCUT2D eigenvalue weighted by molar-refractivity contribution is -0.104. The van der Waals surface area contributed by atoms with Crippen molar-refractivity contribution >= 4 is 15.9 Å². The zero-order valence-electron chi connectivity index (χ0n) is 6.82. The summed E-state index contributed by atoms with van der Waals surface area (Å²) in [5.74, 6) is -2.54. The summed E-state index contributed by atoms with van der Waals surface area (Å²) >= 11 is 3.20. The van der Waals surface area contributed by atoms with Gasteiger partial charge in [-0.05, 0) is 19.3 Å². The van der Waals surface area contributed by atoms with E-state index in [-0.39, 0.29) is 25.7 Å². The Hall–Kier alpha value is 0.300. The molecule has 0 unspecified atom stereocenters. The molecule has 1 saturated carbocycles. The lowest BCUT2D eigenvalue weighted by atomic mass is 9.81. The van der Waals surface area contributed by atoms with Gasteiger partial charge in [0.05, 0.1) is 5.60 Å². The van der Waals surface area contributed by atoms with Gasteiger partial charge in [-0.25, -0.2) is 8.78 Å². The van der Waals surface area contributed by atoms with E-state index < -0.39 is 11.5 Å². The molecule has 1 nitrogen and oxygen atoms in total. The van der Waals surface area contributed by atoms with Gasteiger partial charge in [0.2, 0.25) is 5.92 Å². The van der Waals surface area contributed by atoms with Gasteiger partial charge in [-0.2, -0.15) is 0 Å². The molecule has 0 atom stereocenters. The van der Waals surface area contributed by atoms with Crippen molar-refractivity contribution in [2.45, 2.75) is 43.6 Å². The minimum atomic E-state index is -2.54. The molecular weight excluding hydrogens is 230 g/mol. The quantitative estimate of drug-likeness (QED) is 0.739. The maximum atomic E-state index is 12.7. The molecule has 1 rings (SSSR count). The van der Waals surface area contributed by atoms with E-state index in [1.807, 2.05) is 0 Å². The zero-order valence-corrected chi connectivity index (χ0v) is 8.41. The molecule has 0 saturated heterocycles. The third-order valence-electron chi connectivity index (χ3n) is 2.47. The minimum Gasteiger partial charge on any atom is -0.390 e. The van der Waals surface area contributed by atoms with E-state index >= 15 is 0 Å². The third-order valence-corrected chi connectivity index (χ3v) is 2.87. The molecule has 0 radical (unpaired) electrons. The molecule has 0 amide bonds. The summed E-state index contributed by atoms with van der Waals surface area (Å²) in [6.45, 7) is 0. The highest BCUT2D eigenvalue weighted by Crippen LogP contribution is 2.39. The zero-order chi connectivity index (χ0) is 9.24. The molecule has 0 heterocycles. The Kier molecular flexibility index (Phi) is 3.10. The summed E-state index contributed by atoms with van der Waals surface area (Å²) in [4.78, 5) is 0. The van der Waals surface area contributed by atoms with Crippen LogP contribution >= 0.6 is 15.9 Å². The molecule has 1 aliphatic carbocycles. The van der Waals surface area contributed by atoms with Crippen LogP contribution < -0.4 is 0 Å². The molecule has 0 aromatic heterocycles. The fourth-order valence-electron chi connectivity index (χ4n) is 1.51. The van der Waals surface area contributed by atoms with E-state index in [0.717, 1.165) is 0 Å². The first-order chi connectivity index (χ1) is 5.47. The molecule has 0 aromatic carbocycles. The van der Waals surface area contributed by atoms with Crippen LogP contribution in [-0.4, -0.2) is 22.0 Å². The number of hydrogen-bond donors (Lipinski definition) is 1. The lowest BCUT2D eigenvalue weighted by Crippen LogP contribution is -2.38. The van der Waals surface area contributed by atoms with E-state index in [1.165, 1.54) is 0 Å². The maximum absolute atomic E-state index is 12.7. The van der Waals surface area contributed by atoms with Crippen LogP contribution in [0.3, 0.4) is 0 Å². The van der Waals surface area contributed by atoms with Crippen LogP contribution in [0.25, 0.3) is 0 Å². The van der Waals surface area contributed by atoms with Crippen LogP contribution in [0.15, 0.2) is 0 Å². The number of hydrogen-bond acceptors (Lipinski definition) is 1. The number of aliphatic hydroxyl groups is 1. The van der Waals surface area contributed by atoms with Crippen molar-refractivity contribution in [3.63, 3.8) is 0 Å². The van der Waals surface area contributed by atoms with Crippen LogP contribution in [0.4, 0.5) is 8.78 Å². The lowest BCUT2D eigenvalue weighted by Gasteiger charge is -2.35. The predicted molar refractivity (Wildman–Crippen MR) is 46.8 cm³/mol. The molecular formula is C8H13BrF2O. The van der Waals surface area contributed by atoms with E-state index in [0.29, 0.717) is 11.8 Å². The summed E-state index contributed by atoms with van der Waals surface area (Å²) < 4.78 is 25.3. The third kappa shape index (κ3) is 2.66. The Bertz CT molecular complexity index is 151. The summed E-state index contributed by atoms with van der Waals surface area (Å²) in [5, 5.41) is 10.4. The molecule has 0 bridgehead atoms. The van der Waals surface area contributed by atoms with Crippen molar-refractivity contribution < 1.29 is 13.9 Å². The molecule has 0 aliphatic heterocycles. The van der Waals surface area contributed by atoms with Crippen molar-refractivity contribution in [2.75, 3.05) is 5.33 Å². The number of alkyl halides is 3. The average Bonchev–Trinajstić information content (AvgIpc) is 1.98. The van der Waals surface area contributed by atoms with E-state index in [4.69, 9.17) is 0 Å². The van der Waals surface area contributed by atoms with Crippen molar-refractivity contribution in [2.24, 2.45) is 0 Å². The fraction of sp³-hybridized carbons (Fsp3) is 1.00. The number of halogens is 3. The van der Waals surface area contributed by atoms with Crippen LogP contribution in [-0.2, 0) is 0 Å². The van der Waals surface area contributed by atoms with Crippen LogP contribution in [0.5, 0.6) is 0 Å². The predicted octanol–water partition coefficient (Wildman–Crippen LogP) is 2.71. The second-order valence-corrected chi connectivity index (χ2v) is 4.31. The van der Waals surface area contributed by atoms with Gasteiger partial charge in [0, 0.05) is 18.2 Å². The second-order valence-electron chi connectivity index (χ2n) is 3.52. The van der Waals surface area contributed by atoms with Crippen molar-refractivity contribution in [3.05, 3.63) is 0 Å². The van der Waals surface area contributed by atoms with Crippen LogP contribution in [0.1, 0.15) is 32.1 Å². The Morgan fingerprint density at radius 1 is 1.17 bits per heavy atom. The second kappa shape index (κ2) is 3.58. The Morgan fingerprint density at radius 2 is 1.67 bits per heavy atom. The highest BCUT2D eigenvalue weighted by molar-refractivity contribution is 9.09. The van der Waals surface area contributed by atoms with E-state index in [1.54, 1.807) is 0 Å². The smallest absolute Gasteiger partial charge is 0.248 e. The fourth-order valence-corrected chi connectivity index (χ4v) is 2.25. The molecule has 0 aromatic rings. The molecule has 12 heavy (non-hydrogen) atoms. The monoisotopic (exact) mass is 242 g/mol. The van der Waals surface area contributed by atoms with E-state index in [2.05, 4.69) is 15.9 Å². The highest BCUT2D eigenvalue weighted by atomic mass is 79.9. The first-order valence-corrected chi connectivity index (χ1v) is 5.26. The normalized spacial score (nSPS) is 27.0. The van der Waals surface area contributed by atoms with Crippen molar-refractivity contribution in [3.8, 4) is 0 Å². The molecule has 1 aliphatic rings. The van der Waals surface area contributed by atoms with Gasteiger partial charge in [0.25, 0.3) is 0 Å². The van der Waals surface area contributed by atoms with Gasteiger partial charge in [-0.3, -0.25) is 0 Å². The highest BCUT2D eigenvalue weighted by Gasteiger charge is 2.41. The summed E-state index contributed by atoms with van der Waals surface area (Å²) in [5.41, 5.74) is -0.842. The molecule has 4 heteroatoms. The van der Waals surface area contributed by atoms with Gasteiger partial charge in [-0.1, -0.05) is 15.9 Å². The first kappa shape index (κ1) is 10.4. The Labute approximate surface area is 79.3 Å². The molecule has 1 N–H and O–H groups in total. The maximum Gasteiger partial charge on any atom is 0.248 e. The Morgan fingerprint density at radius 3 is 2.08 bits per heavy atom. The molecule has 72 valence electrons. The largest absolute Gasteiger partial charge is 0.390 e. The first-order valence-electron chi connectivity index (χ1n) is 4.14. The standard InChI is InChI=1S/C8H13BrF2O/c9-6-5-7(12)1-3-8(10,11)4-2-7/h12H,1-6H2. The van der Waals surface area contributed by atoms with Gasteiger partial charge >= 0.3 is 0 Å². The Balaban J connectivity index is 2.44. The summed E-state index contributed by atoms with van der Waals surface area (Å²) in [6, 6.07) is 0.